The van der Waals surface area contributed by atoms with Crippen molar-refractivity contribution in [2.24, 2.45) is 45.4 Å². The van der Waals surface area contributed by atoms with Gasteiger partial charge in [0.05, 0.1) is 12.6 Å². The number of rotatable bonds is 42. The molecule has 2 aliphatic heterocycles. The summed E-state index contributed by atoms with van der Waals surface area (Å²) >= 11 is 1.55. The van der Waals surface area contributed by atoms with Crippen LogP contribution in [0.3, 0.4) is 0 Å². The van der Waals surface area contributed by atoms with Gasteiger partial charge in [-0.05, 0) is 131 Å². The number of benzene rings is 3. The molecule has 546 valence electrons. The van der Waals surface area contributed by atoms with E-state index in [-0.39, 0.29) is 95.3 Å². The number of carbonyl (C=O) groups excluding carboxylic acids is 11. The van der Waals surface area contributed by atoms with Crippen molar-refractivity contribution >= 4 is 93.6 Å². The molecule has 100 heavy (non-hydrogen) atoms. The Hall–Kier alpha value is -9.17. The summed E-state index contributed by atoms with van der Waals surface area (Å²) in [7, 11) is 0. The number of unbranched alkanes of at least 4 members (excludes halogenated alkanes) is 2. The summed E-state index contributed by atoms with van der Waals surface area (Å²) in [6.45, 7) is 4.37. The standard InChI is InChI=1S/C69H103N19O11S/c1-42(2)58(66(97)80-49(59(72)90)25-13-15-32-76-57(89)41-79-75)86-65(96)56-29-18-35-88(56)68(99)51(26-12-14-31-70)82-62(93)52(37-43-19-6-4-7-20-43)83-63(94)54(39-45-40-78-48-24-11-10-23-46(45)48)84-60(91)50(27-16-33-77-69(73)74)81-61(92)53(38-44-21-8-5-9-22-44)85-64(95)55-28-17-34-87(55)67(98)47(71)30-36-100-3/h4-11,19-24,40,42,47,49-56,58,78-79H,12-18,25-39,41,70-71,75H2,1-3H3,(H2,72,90)(H,76,89)(H,80,97)(H,81,92)(H,82,93)(H,83,94)(H,84,91)(H,85,95)(H,86,96)(H4,73,74,77)/t47-,49-,50-,51-,52-,53+,54+,55-,56-,58-/m0/s1. The molecule has 0 radical (unpaired) electrons. The molecule has 0 saturated carbocycles. The van der Waals surface area contributed by atoms with Gasteiger partial charge in [0.15, 0.2) is 5.96 Å². The molecule has 4 aromatic rings. The highest BCUT2D eigenvalue weighted by Gasteiger charge is 2.42. The zero-order valence-electron chi connectivity index (χ0n) is 57.5. The number of likely N-dealkylation sites (tertiary alicyclic amines) is 2. The second-order valence-electron chi connectivity index (χ2n) is 25.7. The van der Waals surface area contributed by atoms with Gasteiger partial charge in [0, 0.05) is 62.5 Å². The zero-order chi connectivity index (χ0) is 72.7. The number of amides is 11. The van der Waals surface area contributed by atoms with E-state index in [9.17, 15) is 33.6 Å². The molecule has 30 nitrogen and oxygen atoms in total. The molecule has 2 fully saturated rings. The molecule has 1 aromatic heterocycles. The van der Waals surface area contributed by atoms with Gasteiger partial charge in [0.1, 0.15) is 54.4 Å². The number of hydrazine groups is 1. The maximum absolute atomic E-state index is 15.4. The van der Waals surface area contributed by atoms with E-state index in [2.05, 4.69) is 57.9 Å². The highest BCUT2D eigenvalue weighted by molar-refractivity contribution is 7.98. The van der Waals surface area contributed by atoms with E-state index in [1.165, 1.54) is 9.80 Å². The molecule has 11 amide bonds. The lowest BCUT2D eigenvalue weighted by Gasteiger charge is -2.32. The number of fused-ring (bicyclic) bond motifs is 1. The van der Waals surface area contributed by atoms with Crippen molar-refractivity contribution in [3.8, 4) is 0 Å². The van der Waals surface area contributed by atoms with Crippen LogP contribution in [0.15, 0.2) is 96.1 Å². The maximum atomic E-state index is 15.4. The first-order valence-electron chi connectivity index (χ1n) is 34.4. The van der Waals surface area contributed by atoms with Crippen molar-refractivity contribution in [1.82, 2.24) is 62.7 Å². The molecule has 0 unspecified atom stereocenters. The van der Waals surface area contributed by atoms with E-state index in [4.69, 9.17) is 34.5 Å². The van der Waals surface area contributed by atoms with E-state index < -0.39 is 120 Å². The molecule has 0 aliphatic carbocycles. The van der Waals surface area contributed by atoms with Crippen molar-refractivity contribution in [2.75, 3.05) is 51.3 Å². The predicted octanol–water partition coefficient (Wildman–Crippen LogP) is -1.27. The van der Waals surface area contributed by atoms with Gasteiger partial charge < -0.3 is 86.0 Å². The summed E-state index contributed by atoms with van der Waals surface area (Å²) in [5.74, 6) is -1.94. The van der Waals surface area contributed by atoms with Crippen LogP contribution in [0.1, 0.15) is 114 Å². The molecule has 10 atom stereocenters. The number of guanidine groups is 1. The number of hydrogen-bond donors (Lipinski definition) is 16. The Morgan fingerprint density at radius 3 is 1.67 bits per heavy atom. The Morgan fingerprint density at radius 1 is 0.580 bits per heavy atom. The first kappa shape index (κ1) is 79.8. The number of carbonyl (C=O) groups is 11. The number of hydrogen-bond acceptors (Lipinski definition) is 17. The van der Waals surface area contributed by atoms with Crippen molar-refractivity contribution in [3.63, 3.8) is 0 Å². The Morgan fingerprint density at radius 2 is 1.09 bits per heavy atom. The zero-order valence-corrected chi connectivity index (χ0v) is 58.3. The molecular weight excluding hydrogens is 1300 g/mol. The molecule has 0 spiro atoms. The minimum Gasteiger partial charge on any atom is -0.370 e. The third-order valence-electron chi connectivity index (χ3n) is 17.7. The third-order valence-corrected chi connectivity index (χ3v) is 18.4. The average Bonchev–Trinajstić information content (AvgIpc) is 1.68. The van der Waals surface area contributed by atoms with Crippen LogP contribution in [0.2, 0.25) is 0 Å². The number of H-pyrrole nitrogens is 1. The molecule has 3 heterocycles. The number of aromatic amines is 1. The monoisotopic (exact) mass is 1410 g/mol. The van der Waals surface area contributed by atoms with Gasteiger partial charge >= 0.3 is 0 Å². The van der Waals surface area contributed by atoms with Gasteiger partial charge in [-0.15, -0.1) is 0 Å². The van der Waals surface area contributed by atoms with E-state index >= 15 is 19.2 Å². The number of thioether (sulfide) groups is 1. The lowest BCUT2D eigenvalue weighted by atomic mass is 10.00. The van der Waals surface area contributed by atoms with Gasteiger partial charge in [-0.3, -0.25) is 69.0 Å². The SMILES string of the molecule is CSCC[C@H](N)C(=O)N1CCC[C@H]1C(=O)N[C@H](Cc1ccccc1)C(=O)N[C@@H](CCCN=C(N)N)C(=O)N[C@H](Cc1c[nH]c2ccccc12)C(=O)N[C@@H](Cc1ccccc1)C(=O)N[C@@H](CCCCN)C(=O)N1CCC[C@H]1C(=O)N[C@H](C(=O)N[C@@H](CCCCNC(=O)CNN)C(N)=O)C(C)C. The molecule has 31 heteroatoms. The number of primary amides is 1. The van der Waals surface area contributed by atoms with Crippen molar-refractivity contribution in [3.05, 3.63) is 108 Å². The second-order valence-corrected chi connectivity index (χ2v) is 26.7. The Labute approximate surface area is 588 Å². The van der Waals surface area contributed by atoms with Gasteiger partial charge in [0.25, 0.3) is 0 Å². The summed E-state index contributed by atoms with van der Waals surface area (Å²) < 4.78 is 0. The van der Waals surface area contributed by atoms with Crippen LogP contribution in [0.5, 0.6) is 0 Å². The van der Waals surface area contributed by atoms with Crippen LogP contribution in [-0.4, -0.2) is 197 Å². The van der Waals surface area contributed by atoms with Crippen molar-refractivity contribution in [2.45, 2.75) is 177 Å². The summed E-state index contributed by atoms with van der Waals surface area (Å²) in [6, 6.07) is 13.3. The minimum absolute atomic E-state index is 0.0126. The van der Waals surface area contributed by atoms with E-state index in [1.54, 1.807) is 92.5 Å². The van der Waals surface area contributed by atoms with E-state index in [0.29, 0.717) is 86.9 Å². The first-order valence-corrected chi connectivity index (χ1v) is 35.8. The number of para-hydroxylation sites is 1. The lowest BCUT2D eigenvalue weighted by Crippen LogP contribution is -2.61. The van der Waals surface area contributed by atoms with Crippen LogP contribution in [-0.2, 0) is 72.0 Å². The van der Waals surface area contributed by atoms with Crippen LogP contribution in [0.4, 0.5) is 0 Å². The summed E-state index contributed by atoms with van der Waals surface area (Å²) in [4.78, 5) is 166. The number of aromatic nitrogens is 1. The summed E-state index contributed by atoms with van der Waals surface area (Å²) in [5, 5.41) is 23.3. The fourth-order valence-electron chi connectivity index (χ4n) is 12.3. The van der Waals surface area contributed by atoms with E-state index in [0.717, 1.165) is 10.9 Å². The highest BCUT2D eigenvalue weighted by Crippen LogP contribution is 2.24. The number of nitrogens with two attached hydrogens (primary N) is 6. The highest BCUT2D eigenvalue weighted by atomic mass is 32.2. The van der Waals surface area contributed by atoms with Gasteiger partial charge in [-0.2, -0.15) is 11.8 Å². The van der Waals surface area contributed by atoms with Crippen molar-refractivity contribution < 1.29 is 52.7 Å². The predicted molar refractivity (Wildman–Crippen MR) is 382 cm³/mol. The topological polar surface area (TPSA) is 487 Å². The van der Waals surface area contributed by atoms with Gasteiger partial charge in [0.2, 0.25) is 65.0 Å². The van der Waals surface area contributed by atoms with Crippen molar-refractivity contribution in [1.29, 1.82) is 0 Å². The minimum atomic E-state index is -1.45. The van der Waals surface area contributed by atoms with Crippen LogP contribution >= 0.6 is 11.8 Å². The van der Waals surface area contributed by atoms with Crippen LogP contribution in [0.25, 0.3) is 10.9 Å². The van der Waals surface area contributed by atoms with E-state index in [1.807, 2.05) is 30.5 Å². The Balaban J connectivity index is 1.26. The number of nitrogens with one attached hydrogen (secondary N) is 10. The number of aliphatic imine (C=N–C) groups is 1. The summed E-state index contributed by atoms with van der Waals surface area (Å²) in [6.07, 6.45) is 7.30. The molecule has 2 aliphatic rings. The third kappa shape index (κ3) is 24.9. The van der Waals surface area contributed by atoms with Gasteiger partial charge in [-0.1, -0.05) is 92.7 Å². The lowest BCUT2D eigenvalue weighted by molar-refractivity contribution is -0.143. The fourth-order valence-corrected chi connectivity index (χ4v) is 12.8. The molecular formula is C69H103N19O11S. The average molecular weight is 1410 g/mol. The van der Waals surface area contributed by atoms with Crippen LogP contribution < -0.4 is 82.5 Å². The maximum Gasteiger partial charge on any atom is 0.245 e. The first-order chi connectivity index (χ1) is 48.0. The molecule has 6 rings (SSSR count). The van der Waals surface area contributed by atoms with Crippen LogP contribution in [0, 0.1) is 5.92 Å². The Kier molecular flexibility index (Phi) is 33.1. The Bertz CT molecular complexity index is 3390. The fraction of sp³-hybridized carbons (Fsp3) is 0.536. The summed E-state index contributed by atoms with van der Waals surface area (Å²) in [5.41, 5.74) is 34.2. The number of nitrogens with zero attached hydrogens (tertiary/aromatic N) is 3. The van der Waals surface area contributed by atoms with Gasteiger partial charge in [-0.25, -0.2) is 0 Å². The molecule has 22 N–H and O–H groups in total. The molecule has 0 bridgehead atoms. The second kappa shape index (κ2) is 41.4. The molecule has 3 aromatic carbocycles. The quantitative estimate of drug-likeness (QED) is 0.00808. The largest absolute Gasteiger partial charge is 0.370 e. The molecule has 2 saturated heterocycles. The smallest absolute Gasteiger partial charge is 0.245 e. The normalized spacial score (nSPS) is 16.7.